The van der Waals surface area contributed by atoms with Crippen molar-refractivity contribution in [3.05, 3.63) is 0 Å². The molecule has 3 N–H and O–H groups in total. The van der Waals surface area contributed by atoms with Crippen LogP contribution in [-0.4, -0.2) is 67.3 Å². The van der Waals surface area contributed by atoms with Gasteiger partial charge in [-0.1, -0.05) is 20.3 Å². The Kier molecular flexibility index (Phi) is 7.45. The molecule has 0 heterocycles. The molecule has 0 aromatic heterocycles. The first-order valence-corrected chi connectivity index (χ1v) is 8.17. The summed E-state index contributed by atoms with van der Waals surface area (Å²) in [6.07, 6.45) is 4.22. The van der Waals surface area contributed by atoms with Crippen molar-refractivity contribution in [2.24, 2.45) is 17.6 Å². The highest BCUT2D eigenvalue weighted by molar-refractivity contribution is 4.93. The molecule has 0 radical (unpaired) electrons. The molecular weight excluding hydrogens is 250 g/mol. The van der Waals surface area contributed by atoms with Gasteiger partial charge in [0.15, 0.2) is 0 Å². The summed E-state index contributed by atoms with van der Waals surface area (Å²) < 4.78 is 0. The molecule has 0 spiro atoms. The van der Waals surface area contributed by atoms with E-state index in [-0.39, 0.29) is 0 Å². The molecule has 1 aliphatic rings. The van der Waals surface area contributed by atoms with Gasteiger partial charge in [0.05, 0.1) is 5.60 Å². The molecule has 1 saturated carbocycles. The molecule has 120 valence electrons. The molecule has 4 heteroatoms. The average molecular weight is 285 g/mol. The van der Waals surface area contributed by atoms with Crippen LogP contribution >= 0.6 is 0 Å². The molecule has 0 aromatic carbocycles. The minimum absolute atomic E-state index is 0.390. The summed E-state index contributed by atoms with van der Waals surface area (Å²) in [4.78, 5) is 4.78. The molecule has 0 amide bonds. The summed E-state index contributed by atoms with van der Waals surface area (Å²) in [5.74, 6) is 1.08. The molecule has 1 aliphatic carbocycles. The Balaban J connectivity index is 2.44. The molecule has 1 rings (SSSR count). The maximum atomic E-state index is 10.5. The number of nitrogens with two attached hydrogens (primary N) is 1. The van der Waals surface area contributed by atoms with Gasteiger partial charge in [0.25, 0.3) is 0 Å². The Bertz CT molecular complexity index is 270. The van der Waals surface area contributed by atoms with Gasteiger partial charge in [-0.05, 0) is 51.7 Å². The third-order valence-corrected chi connectivity index (χ3v) is 4.56. The lowest BCUT2D eigenvalue weighted by atomic mass is 9.88. The number of rotatable bonds is 9. The van der Waals surface area contributed by atoms with E-state index in [1.807, 2.05) is 0 Å². The quantitative estimate of drug-likeness (QED) is 0.672. The second-order valence-corrected chi connectivity index (χ2v) is 7.18. The third-order valence-electron chi connectivity index (χ3n) is 4.56. The van der Waals surface area contributed by atoms with E-state index >= 15 is 0 Å². The van der Waals surface area contributed by atoms with Crippen LogP contribution in [0.25, 0.3) is 0 Å². The first kappa shape index (κ1) is 17.9. The van der Waals surface area contributed by atoms with Crippen LogP contribution in [0.1, 0.15) is 39.5 Å². The third kappa shape index (κ3) is 5.68. The van der Waals surface area contributed by atoms with Crippen LogP contribution in [0.4, 0.5) is 0 Å². The van der Waals surface area contributed by atoms with E-state index in [0.717, 1.165) is 51.9 Å². The predicted molar refractivity (Wildman–Crippen MR) is 85.8 cm³/mol. The van der Waals surface area contributed by atoms with Crippen LogP contribution in [-0.2, 0) is 0 Å². The van der Waals surface area contributed by atoms with Crippen LogP contribution < -0.4 is 5.73 Å². The van der Waals surface area contributed by atoms with Crippen LogP contribution in [0.5, 0.6) is 0 Å². The highest BCUT2D eigenvalue weighted by Gasteiger charge is 2.39. The van der Waals surface area contributed by atoms with Gasteiger partial charge in [0.2, 0.25) is 0 Å². The van der Waals surface area contributed by atoms with Gasteiger partial charge in [-0.15, -0.1) is 0 Å². The van der Waals surface area contributed by atoms with Crippen molar-refractivity contribution < 1.29 is 5.11 Å². The topological polar surface area (TPSA) is 52.7 Å². The van der Waals surface area contributed by atoms with Gasteiger partial charge < -0.3 is 20.6 Å². The molecule has 2 atom stereocenters. The largest absolute Gasteiger partial charge is 0.388 e. The summed E-state index contributed by atoms with van der Waals surface area (Å²) in [5.41, 5.74) is 5.18. The molecule has 0 bridgehead atoms. The minimum Gasteiger partial charge on any atom is -0.388 e. The van der Waals surface area contributed by atoms with Crippen molar-refractivity contribution >= 4 is 0 Å². The Morgan fingerprint density at radius 3 is 2.50 bits per heavy atom. The standard InChI is InChI=1S/C16H35N3O/c1-14(2)12-19(11-10-18(3)4)9-7-15-6-5-8-16(15,20)13-17/h14-15,20H,5-13,17H2,1-4H3. The summed E-state index contributed by atoms with van der Waals surface area (Å²) in [7, 11) is 4.25. The van der Waals surface area contributed by atoms with Gasteiger partial charge in [-0.25, -0.2) is 0 Å². The lowest BCUT2D eigenvalue weighted by Crippen LogP contribution is -2.43. The van der Waals surface area contributed by atoms with Crippen LogP contribution in [0.15, 0.2) is 0 Å². The van der Waals surface area contributed by atoms with Crippen molar-refractivity contribution in [2.45, 2.75) is 45.1 Å². The van der Waals surface area contributed by atoms with Crippen molar-refractivity contribution in [1.82, 2.24) is 9.80 Å². The molecular formula is C16H35N3O. The first-order chi connectivity index (χ1) is 9.37. The summed E-state index contributed by atoms with van der Waals surface area (Å²) >= 11 is 0. The van der Waals surface area contributed by atoms with Crippen molar-refractivity contribution in [3.63, 3.8) is 0 Å². The van der Waals surface area contributed by atoms with E-state index in [9.17, 15) is 5.11 Å². The smallest absolute Gasteiger partial charge is 0.0797 e. The zero-order valence-electron chi connectivity index (χ0n) is 13.9. The monoisotopic (exact) mass is 285 g/mol. The molecule has 1 fully saturated rings. The molecule has 4 nitrogen and oxygen atoms in total. The maximum Gasteiger partial charge on any atom is 0.0797 e. The lowest BCUT2D eigenvalue weighted by molar-refractivity contribution is 0.00404. The van der Waals surface area contributed by atoms with Crippen molar-refractivity contribution in [2.75, 3.05) is 46.8 Å². The van der Waals surface area contributed by atoms with E-state index < -0.39 is 5.60 Å². The van der Waals surface area contributed by atoms with Crippen molar-refractivity contribution in [1.29, 1.82) is 0 Å². The molecule has 0 saturated heterocycles. The van der Waals surface area contributed by atoms with Crippen LogP contribution in [0.3, 0.4) is 0 Å². The average Bonchev–Trinajstić information content (AvgIpc) is 2.74. The molecule has 2 unspecified atom stereocenters. The predicted octanol–water partition coefficient (Wildman–Crippen LogP) is 1.39. The number of aliphatic hydroxyl groups is 1. The van der Waals surface area contributed by atoms with E-state index in [4.69, 9.17) is 5.73 Å². The summed E-state index contributed by atoms with van der Waals surface area (Å²) in [5, 5.41) is 10.5. The van der Waals surface area contributed by atoms with Gasteiger partial charge in [-0.3, -0.25) is 0 Å². The fraction of sp³-hybridized carbons (Fsp3) is 1.00. The molecule has 20 heavy (non-hydrogen) atoms. The second-order valence-electron chi connectivity index (χ2n) is 7.18. The highest BCUT2D eigenvalue weighted by atomic mass is 16.3. The zero-order chi connectivity index (χ0) is 15.2. The van der Waals surface area contributed by atoms with Crippen molar-refractivity contribution in [3.8, 4) is 0 Å². The van der Waals surface area contributed by atoms with Gasteiger partial charge in [0.1, 0.15) is 0 Å². The SMILES string of the molecule is CC(C)CN(CCC1CCCC1(O)CN)CCN(C)C. The Labute approximate surface area is 125 Å². The van der Waals surface area contributed by atoms with E-state index in [1.54, 1.807) is 0 Å². The van der Waals surface area contributed by atoms with E-state index in [1.165, 1.54) is 0 Å². The minimum atomic E-state index is -0.592. The Morgan fingerprint density at radius 1 is 1.25 bits per heavy atom. The van der Waals surface area contributed by atoms with Gasteiger partial charge in [0, 0.05) is 26.2 Å². The second kappa shape index (κ2) is 8.32. The maximum absolute atomic E-state index is 10.5. The normalized spacial score (nSPS) is 27.1. The van der Waals surface area contributed by atoms with Gasteiger partial charge in [-0.2, -0.15) is 0 Å². The number of nitrogens with zero attached hydrogens (tertiary/aromatic N) is 2. The fourth-order valence-electron chi connectivity index (χ4n) is 3.30. The van der Waals surface area contributed by atoms with Gasteiger partial charge >= 0.3 is 0 Å². The summed E-state index contributed by atoms with van der Waals surface area (Å²) in [6.45, 7) is 9.39. The fourth-order valence-corrected chi connectivity index (χ4v) is 3.30. The number of hydrogen-bond donors (Lipinski definition) is 2. The lowest BCUT2D eigenvalue weighted by Gasteiger charge is -2.32. The highest BCUT2D eigenvalue weighted by Crippen LogP contribution is 2.37. The Morgan fingerprint density at radius 2 is 1.95 bits per heavy atom. The number of likely N-dealkylation sites (N-methyl/N-ethyl adjacent to an activating group) is 1. The van der Waals surface area contributed by atoms with E-state index in [0.29, 0.717) is 18.4 Å². The van der Waals surface area contributed by atoms with Crippen LogP contribution in [0, 0.1) is 11.8 Å². The first-order valence-electron chi connectivity index (χ1n) is 8.17. The Hall–Kier alpha value is -0.160. The molecule has 0 aromatic rings. The van der Waals surface area contributed by atoms with Crippen LogP contribution in [0.2, 0.25) is 0 Å². The number of hydrogen-bond acceptors (Lipinski definition) is 4. The summed E-state index contributed by atoms with van der Waals surface area (Å²) in [6, 6.07) is 0. The molecule has 0 aliphatic heterocycles. The van der Waals surface area contributed by atoms with E-state index in [2.05, 4.69) is 37.7 Å². The zero-order valence-corrected chi connectivity index (χ0v) is 13.9.